The first kappa shape index (κ1) is 16.2. The van der Waals surface area contributed by atoms with Gasteiger partial charge in [-0.1, -0.05) is 37.3 Å². The lowest BCUT2D eigenvalue weighted by molar-refractivity contribution is -0.373. The van der Waals surface area contributed by atoms with E-state index in [1.807, 2.05) is 44.2 Å². The van der Waals surface area contributed by atoms with Gasteiger partial charge in [0.15, 0.2) is 5.82 Å². The SMILES string of the molecule is CCON(Cc1ccccc1)On1c(CC)nc(C)cc1=O. The molecular formula is C16H21N3O3. The first-order valence-electron chi connectivity index (χ1n) is 7.36. The largest absolute Gasteiger partial charge is 0.288 e. The molecule has 6 heteroatoms. The predicted molar refractivity (Wildman–Crippen MR) is 82.8 cm³/mol. The van der Waals surface area contributed by atoms with E-state index in [2.05, 4.69) is 4.98 Å². The molecule has 0 amide bonds. The molecule has 1 heterocycles. The molecule has 2 aromatic rings. The molecule has 0 fully saturated rings. The molecule has 0 aliphatic carbocycles. The van der Waals surface area contributed by atoms with Crippen molar-refractivity contribution in [2.75, 3.05) is 6.61 Å². The maximum absolute atomic E-state index is 12.1. The topological polar surface area (TPSA) is 56.6 Å². The van der Waals surface area contributed by atoms with Crippen LogP contribution in [0.4, 0.5) is 0 Å². The number of hydrogen-bond acceptors (Lipinski definition) is 5. The summed E-state index contributed by atoms with van der Waals surface area (Å²) in [5, 5.41) is 1.30. The van der Waals surface area contributed by atoms with E-state index in [4.69, 9.17) is 9.78 Å². The van der Waals surface area contributed by atoms with E-state index in [1.54, 1.807) is 6.92 Å². The molecule has 0 spiro atoms. The lowest BCUT2D eigenvalue weighted by Gasteiger charge is -2.22. The van der Waals surface area contributed by atoms with Crippen LogP contribution in [-0.2, 0) is 17.8 Å². The summed E-state index contributed by atoms with van der Waals surface area (Å²) in [7, 11) is 0. The van der Waals surface area contributed by atoms with Crippen molar-refractivity contribution in [2.24, 2.45) is 0 Å². The van der Waals surface area contributed by atoms with Gasteiger partial charge in [0.05, 0.1) is 13.2 Å². The Balaban J connectivity index is 2.23. The zero-order valence-electron chi connectivity index (χ0n) is 13.2. The molecule has 118 valence electrons. The smallest absolute Gasteiger partial charge is 0.284 e. The molecular weight excluding hydrogens is 282 g/mol. The average Bonchev–Trinajstić information content (AvgIpc) is 2.50. The van der Waals surface area contributed by atoms with Gasteiger partial charge in [0, 0.05) is 23.4 Å². The van der Waals surface area contributed by atoms with Gasteiger partial charge >= 0.3 is 0 Å². The standard InChI is InChI=1S/C16H21N3O3/c1-4-15-17-13(3)11-16(20)19(15)22-18(21-5-2)12-14-9-7-6-8-10-14/h6-11H,4-5,12H2,1-3H3. The second kappa shape index (κ2) is 7.72. The van der Waals surface area contributed by atoms with Gasteiger partial charge in [-0.3, -0.25) is 14.6 Å². The fourth-order valence-corrected chi connectivity index (χ4v) is 2.02. The maximum Gasteiger partial charge on any atom is 0.288 e. The summed E-state index contributed by atoms with van der Waals surface area (Å²) in [6.45, 7) is 6.40. The Morgan fingerprint density at radius 1 is 1.23 bits per heavy atom. The van der Waals surface area contributed by atoms with Crippen LogP contribution in [-0.4, -0.2) is 21.5 Å². The van der Waals surface area contributed by atoms with E-state index < -0.39 is 0 Å². The second-order valence-electron chi connectivity index (χ2n) is 4.78. The van der Waals surface area contributed by atoms with Crippen LogP contribution < -0.4 is 10.5 Å². The summed E-state index contributed by atoms with van der Waals surface area (Å²) < 4.78 is 1.17. The van der Waals surface area contributed by atoms with Crippen molar-refractivity contribution in [1.29, 1.82) is 0 Å². The van der Waals surface area contributed by atoms with E-state index in [0.717, 1.165) is 5.56 Å². The number of benzene rings is 1. The van der Waals surface area contributed by atoms with E-state index in [1.165, 1.54) is 16.0 Å². The lowest BCUT2D eigenvalue weighted by Crippen LogP contribution is -2.41. The molecule has 0 atom stereocenters. The molecule has 0 N–H and O–H groups in total. The van der Waals surface area contributed by atoms with Crippen molar-refractivity contribution >= 4 is 0 Å². The zero-order chi connectivity index (χ0) is 15.9. The van der Waals surface area contributed by atoms with Crippen LogP contribution >= 0.6 is 0 Å². The van der Waals surface area contributed by atoms with Crippen LogP contribution in [0.3, 0.4) is 0 Å². The predicted octanol–water partition coefficient (Wildman–Crippen LogP) is 1.91. The minimum atomic E-state index is -0.262. The summed E-state index contributed by atoms with van der Waals surface area (Å²) in [5.74, 6) is 0.558. The first-order valence-corrected chi connectivity index (χ1v) is 7.36. The van der Waals surface area contributed by atoms with Crippen LogP contribution in [0.25, 0.3) is 0 Å². The van der Waals surface area contributed by atoms with Crippen molar-refractivity contribution in [3.05, 3.63) is 63.8 Å². The van der Waals surface area contributed by atoms with Gasteiger partial charge in [0.25, 0.3) is 5.56 Å². The Kier molecular flexibility index (Phi) is 5.68. The number of aromatic nitrogens is 2. The fraction of sp³-hybridized carbons (Fsp3) is 0.375. The van der Waals surface area contributed by atoms with E-state index >= 15 is 0 Å². The molecule has 0 aliphatic heterocycles. The molecule has 0 unspecified atom stereocenters. The van der Waals surface area contributed by atoms with Crippen molar-refractivity contribution < 1.29 is 9.78 Å². The monoisotopic (exact) mass is 303 g/mol. The van der Waals surface area contributed by atoms with Crippen molar-refractivity contribution in [1.82, 2.24) is 14.9 Å². The number of aryl methyl sites for hydroxylation is 2. The zero-order valence-corrected chi connectivity index (χ0v) is 13.2. The van der Waals surface area contributed by atoms with E-state index in [9.17, 15) is 4.79 Å². The molecule has 6 nitrogen and oxygen atoms in total. The van der Waals surface area contributed by atoms with Gasteiger partial charge in [-0.2, -0.15) is 0 Å². The van der Waals surface area contributed by atoms with Crippen LogP contribution in [0.15, 0.2) is 41.2 Å². The molecule has 0 saturated heterocycles. The van der Waals surface area contributed by atoms with Gasteiger partial charge < -0.3 is 0 Å². The number of rotatable bonds is 7. The minimum absolute atomic E-state index is 0.262. The minimum Gasteiger partial charge on any atom is -0.284 e. The molecule has 2 rings (SSSR count). The molecule has 0 saturated carbocycles. The summed E-state index contributed by atoms with van der Waals surface area (Å²) >= 11 is 0. The molecule has 1 aromatic carbocycles. The molecule has 0 radical (unpaired) electrons. The van der Waals surface area contributed by atoms with Gasteiger partial charge in [0.1, 0.15) is 0 Å². The third-order valence-corrected chi connectivity index (χ3v) is 2.99. The summed E-state index contributed by atoms with van der Waals surface area (Å²) in [5.41, 5.74) is 1.43. The van der Waals surface area contributed by atoms with E-state index in [0.29, 0.717) is 31.1 Å². The Morgan fingerprint density at radius 3 is 2.59 bits per heavy atom. The highest BCUT2D eigenvalue weighted by atomic mass is 17.0. The lowest BCUT2D eigenvalue weighted by atomic mass is 10.2. The highest BCUT2D eigenvalue weighted by molar-refractivity contribution is 5.13. The number of nitrogens with zero attached hydrogens (tertiary/aromatic N) is 3. The Bertz CT molecular complexity index is 655. The number of hydroxylamine groups is 2. The van der Waals surface area contributed by atoms with Crippen LogP contribution in [0, 0.1) is 6.92 Å². The fourth-order valence-electron chi connectivity index (χ4n) is 2.02. The third-order valence-electron chi connectivity index (χ3n) is 2.99. The summed E-state index contributed by atoms with van der Waals surface area (Å²) in [6.07, 6.45) is 0.586. The van der Waals surface area contributed by atoms with Crippen molar-refractivity contribution in [2.45, 2.75) is 33.7 Å². The Hall–Kier alpha value is -2.18. The second-order valence-corrected chi connectivity index (χ2v) is 4.78. The van der Waals surface area contributed by atoms with Crippen LogP contribution in [0.2, 0.25) is 0 Å². The van der Waals surface area contributed by atoms with Crippen molar-refractivity contribution in [3.8, 4) is 0 Å². The van der Waals surface area contributed by atoms with E-state index in [-0.39, 0.29) is 5.56 Å². The summed E-state index contributed by atoms with van der Waals surface area (Å²) in [6, 6.07) is 11.2. The average molecular weight is 303 g/mol. The van der Waals surface area contributed by atoms with Gasteiger partial charge in [-0.25, -0.2) is 4.98 Å². The quantitative estimate of drug-likeness (QED) is 0.731. The highest BCUT2D eigenvalue weighted by Crippen LogP contribution is 2.05. The van der Waals surface area contributed by atoms with Crippen molar-refractivity contribution in [3.63, 3.8) is 0 Å². The molecule has 0 bridgehead atoms. The first-order chi connectivity index (χ1) is 10.6. The van der Waals surface area contributed by atoms with Gasteiger partial charge in [0.2, 0.25) is 0 Å². The highest BCUT2D eigenvalue weighted by Gasteiger charge is 2.13. The number of hydrogen-bond donors (Lipinski definition) is 0. The van der Waals surface area contributed by atoms with Gasteiger partial charge in [-0.15, -0.1) is 4.73 Å². The molecule has 0 aliphatic rings. The normalized spacial score (nSPS) is 10.9. The van der Waals surface area contributed by atoms with Crippen LogP contribution in [0.1, 0.15) is 30.9 Å². The maximum atomic E-state index is 12.1. The Morgan fingerprint density at radius 2 is 1.95 bits per heavy atom. The molecule has 22 heavy (non-hydrogen) atoms. The summed E-state index contributed by atoms with van der Waals surface area (Å²) in [4.78, 5) is 27.5. The molecule has 1 aromatic heterocycles. The van der Waals surface area contributed by atoms with Crippen LogP contribution in [0.5, 0.6) is 0 Å². The van der Waals surface area contributed by atoms with Gasteiger partial charge in [-0.05, 0) is 19.4 Å². The third kappa shape index (κ3) is 4.16. The Labute approximate surface area is 129 Å².